The molecule has 0 amide bonds. The second-order valence-corrected chi connectivity index (χ2v) is 8.11. The first kappa shape index (κ1) is 19.8. The van der Waals surface area contributed by atoms with Gasteiger partial charge in [0.2, 0.25) is 11.9 Å². The van der Waals surface area contributed by atoms with E-state index in [1.807, 2.05) is 24.5 Å². The van der Waals surface area contributed by atoms with E-state index in [1.54, 1.807) is 0 Å². The van der Waals surface area contributed by atoms with Gasteiger partial charge < -0.3 is 20.3 Å². The zero-order valence-corrected chi connectivity index (χ0v) is 17.2. The fourth-order valence-corrected chi connectivity index (χ4v) is 4.07. The highest BCUT2D eigenvalue weighted by atomic mass is 35.5. The molecule has 3 N–H and O–H groups in total. The molecular formula is C20H24ClFN6O. The van der Waals surface area contributed by atoms with Gasteiger partial charge in [0.1, 0.15) is 5.52 Å². The summed E-state index contributed by atoms with van der Waals surface area (Å²) in [6.07, 6.45) is 3.42. The van der Waals surface area contributed by atoms with Crippen LogP contribution in [0.25, 0.3) is 22.3 Å². The van der Waals surface area contributed by atoms with Gasteiger partial charge in [0.05, 0.1) is 28.5 Å². The molecule has 0 saturated carbocycles. The van der Waals surface area contributed by atoms with E-state index in [9.17, 15) is 5.11 Å². The predicted molar refractivity (Wildman–Crippen MR) is 113 cm³/mol. The number of nitrogens with two attached hydrogens (primary N) is 1. The lowest BCUT2D eigenvalue weighted by atomic mass is 10.1. The molecular weight excluding hydrogens is 395 g/mol. The zero-order valence-electron chi connectivity index (χ0n) is 16.4. The van der Waals surface area contributed by atoms with E-state index in [2.05, 4.69) is 19.9 Å². The van der Waals surface area contributed by atoms with Crippen molar-refractivity contribution in [1.82, 2.24) is 19.5 Å². The highest BCUT2D eigenvalue weighted by Gasteiger charge is 2.24. The van der Waals surface area contributed by atoms with Gasteiger partial charge in [0.15, 0.2) is 5.82 Å². The van der Waals surface area contributed by atoms with Crippen LogP contribution in [0.4, 0.5) is 16.3 Å². The summed E-state index contributed by atoms with van der Waals surface area (Å²) in [4.78, 5) is 14.8. The Balaban J connectivity index is 1.88. The Morgan fingerprint density at radius 1 is 1.24 bits per heavy atom. The first-order chi connectivity index (χ1) is 13.8. The number of benzene rings is 1. The van der Waals surface area contributed by atoms with Crippen molar-refractivity contribution >= 4 is 34.5 Å². The Hall–Kier alpha value is -2.45. The molecule has 1 aliphatic heterocycles. The fraction of sp³-hybridized carbons (Fsp3) is 0.450. The number of hydrogen-bond acceptors (Lipinski definition) is 6. The quantitative estimate of drug-likeness (QED) is 0.672. The van der Waals surface area contributed by atoms with Gasteiger partial charge in [-0.05, 0) is 45.2 Å². The van der Waals surface area contributed by atoms with Crippen LogP contribution in [-0.2, 0) is 0 Å². The van der Waals surface area contributed by atoms with Gasteiger partial charge in [-0.25, -0.2) is 19.3 Å². The lowest BCUT2D eigenvalue weighted by Crippen LogP contribution is -2.28. The summed E-state index contributed by atoms with van der Waals surface area (Å²) in [5.74, 6) is 0.348. The predicted octanol–water partition coefficient (Wildman–Crippen LogP) is 3.80. The summed E-state index contributed by atoms with van der Waals surface area (Å²) in [7, 11) is 0. The molecule has 7 nitrogen and oxygen atoms in total. The number of aliphatic hydroxyl groups is 1. The standard InChI is InChI=1S/C20H24ClFN6O/c1-11(2)28-16-9-12(17-14(21)10-24-19(23)25-17)8-15(22)18(16)26-20(28)27-6-3-4-13(29)5-7-27/h8-11,13,29H,3-7H2,1-2H3,(H2,23,24,25). The molecule has 3 aromatic rings. The molecule has 1 atom stereocenters. The van der Waals surface area contributed by atoms with Crippen molar-refractivity contribution in [2.45, 2.75) is 45.3 Å². The van der Waals surface area contributed by atoms with E-state index in [0.29, 0.717) is 46.2 Å². The number of rotatable bonds is 3. The first-order valence-corrected chi connectivity index (χ1v) is 10.2. The first-order valence-electron chi connectivity index (χ1n) is 9.78. The van der Waals surface area contributed by atoms with Crippen LogP contribution in [0.15, 0.2) is 18.3 Å². The van der Waals surface area contributed by atoms with Crippen LogP contribution < -0.4 is 10.6 Å². The topological polar surface area (TPSA) is 93.1 Å². The molecule has 1 aromatic carbocycles. The molecule has 1 fully saturated rings. The zero-order chi connectivity index (χ0) is 20.7. The fourth-order valence-electron chi connectivity index (χ4n) is 3.87. The minimum atomic E-state index is -0.443. The molecule has 1 unspecified atom stereocenters. The largest absolute Gasteiger partial charge is 0.393 e. The maximum Gasteiger partial charge on any atom is 0.220 e. The summed E-state index contributed by atoms with van der Waals surface area (Å²) in [6, 6.07) is 3.28. The van der Waals surface area contributed by atoms with Gasteiger partial charge in [-0.3, -0.25) is 0 Å². The highest BCUT2D eigenvalue weighted by Crippen LogP contribution is 2.34. The van der Waals surface area contributed by atoms with E-state index < -0.39 is 5.82 Å². The number of halogens is 2. The molecule has 0 aliphatic carbocycles. The van der Waals surface area contributed by atoms with Gasteiger partial charge in [0, 0.05) is 24.7 Å². The van der Waals surface area contributed by atoms with Crippen molar-refractivity contribution in [3.8, 4) is 11.3 Å². The van der Waals surface area contributed by atoms with Crippen LogP contribution in [0.3, 0.4) is 0 Å². The summed E-state index contributed by atoms with van der Waals surface area (Å²) < 4.78 is 17.1. The van der Waals surface area contributed by atoms with Crippen LogP contribution >= 0.6 is 11.6 Å². The number of anilines is 2. The van der Waals surface area contributed by atoms with Crippen LogP contribution in [0.1, 0.15) is 39.2 Å². The van der Waals surface area contributed by atoms with Crippen molar-refractivity contribution in [3.63, 3.8) is 0 Å². The lowest BCUT2D eigenvalue weighted by molar-refractivity contribution is 0.161. The third kappa shape index (κ3) is 3.74. The van der Waals surface area contributed by atoms with E-state index in [-0.39, 0.29) is 18.1 Å². The Labute approximate surface area is 173 Å². The van der Waals surface area contributed by atoms with Crippen LogP contribution in [0.2, 0.25) is 5.02 Å². The van der Waals surface area contributed by atoms with Crippen molar-refractivity contribution in [2.24, 2.45) is 0 Å². The second-order valence-electron chi connectivity index (χ2n) is 7.70. The Morgan fingerprint density at radius 3 is 2.79 bits per heavy atom. The number of hydrogen-bond donors (Lipinski definition) is 2. The molecule has 154 valence electrons. The maximum absolute atomic E-state index is 15.1. The van der Waals surface area contributed by atoms with Crippen LogP contribution in [0.5, 0.6) is 0 Å². The van der Waals surface area contributed by atoms with Gasteiger partial charge >= 0.3 is 0 Å². The molecule has 0 bridgehead atoms. The lowest BCUT2D eigenvalue weighted by Gasteiger charge is -2.24. The van der Waals surface area contributed by atoms with Crippen LogP contribution in [-0.4, -0.2) is 43.8 Å². The molecule has 0 spiro atoms. The number of imidazole rings is 1. The number of aromatic nitrogens is 4. The van der Waals surface area contributed by atoms with Crippen molar-refractivity contribution < 1.29 is 9.50 Å². The number of nitrogens with zero attached hydrogens (tertiary/aromatic N) is 5. The van der Waals surface area contributed by atoms with Crippen molar-refractivity contribution in [3.05, 3.63) is 29.2 Å². The smallest absolute Gasteiger partial charge is 0.220 e. The normalized spacial score (nSPS) is 17.9. The number of fused-ring (bicyclic) bond motifs is 1. The number of aliphatic hydroxyl groups excluding tert-OH is 1. The van der Waals surface area contributed by atoms with E-state index in [1.165, 1.54) is 12.3 Å². The molecule has 3 heterocycles. The van der Waals surface area contributed by atoms with Gasteiger partial charge in [-0.2, -0.15) is 0 Å². The van der Waals surface area contributed by atoms with Crippen LogP contribution in [0, 0.1) is 5.82 Å². The summed E-state index contributed by atoms with van der Waals surface area (Å²) >= 11 is 6.24. The summed E-state index contributed by atoms with van der Waals surface area (Å²) in [5, 5.41) is 10.3. The Morgan fingerprint density at radius 2 is 2.03 bits per heavy atom. The molecule has 0 radical (unpaired) electrons. The average Bonchev–Trinajstić information content (AvgIpc) is 2.93. The van der Waals surface area contributed by atoms with Gasteiger partial charge in [-0.15, -0.1) is 0 Å². The molecule has 1 saturated heterocycles. The summed E-state index contributed by atoms with van der Waals surface area (Å²) in [6.45, 7) is 5.53. The second kappa shape index (κ2) is 7.76. The highest BCUT2D eigenvalue weighted by molar-refractivity contribution is 6.33. The van der Waals surface area contributed by atoms with Crippen molar-refractivity contribution in [2.75, 3.05) is 23.7 Å². The molecule has 9 heteroatoms. The molecule has 29 heavy (non-hydrogen) atoms. The average molecular weight is 419 g/mol. The number of nitrogen functional groups attached to an aromatic ring is 1. The minimum absolute atomic E-state index is 0.0590. The van der Waals surface area contributed by atoms with E-state index in [0.717, 1.165) is 19.4 Å². The Bertz CT molecular complexity index is 1050. The minimum Gasteiger partial charge on any atom is -0.393 e. The van der Waals surface area contributed by atoms with Gasteiger partial charge in [0.25, 0.3) is 0 Å². The molecule has 1 aliphatic rings. The molecule has 2 aromatic heterocycles. The van der Waals surface area contributed by atoms with E-state index >= 15 is 4.39 Å². The maximum atomic E-state index is 15.1. The third-order valence-electron chi connectivity index (χ3n) is 5.26. The molecule has 4 rings (SSSR count). The van der Waals surface area contributed by atoms with E-state index in [4.69, 9.17) is 17.3 Å². The third-order valence-corrected chi connectivity index (χ3v) is 5.54. The summed E-state index contributed by atoms with van der Waals surface area (Å²) in [5.41, 5.74) is 7.58. The monoisotopic (exact) mass is 418 g/mol. The van der Waals surface area contributed by atoms with Gasteiger partial charge in [-0.1, -0.05) is 11.6 Å². The SMILES string of the molecule is CC(C)n1c(N2CCCC(O)CC2)nc2c(F)cc(-c3nc(N)ncc3Cl)cc21. The van der Waals surface area contributed by atoms with Crippen molar-refractivity contribution in [1.29, 1.82) is 0 Å². The Kier molecular flexibility index (Phi) is 5.31.